The third-order valence-corrected chi connectivity index (χ3v) is 3.88. The molecule has 1 aromatic carbocycles. The fourth-order valence-corrected chi connectivity index (χ4v) is 2.76. The van der Waals surface area contributed by atoms with Crippen LogP contribution in [0, 0.1) is 6.92 Å². The summed E-state index contributed by atoms with van der Waals surface area (Å²) in [6.07, 6.45) is 5.49. The van der Waals surface area contributed by atoms with Crippen molar-refractivity contribution in [2.75, 3.05) is 7.11 Å². The Hall–Kier alpha value is -1.02. The molecule has 0 bridgehead atoms. The SMILES string of the molecule is COC(=O)c1c(C)c(Cl)cc2c1CCCCC2. The topological polar surface area (TPSA) is 26.3 Å². The van der Waals surface area contributed by atoms with Crippen LogP contribution in [0.4, 0.5) is 0 Å². The van der Waals surface area contributed by atoms with Crippen LogP contribution in [0.2, 0.25) is 5.02 Å². The van der Waals surface area contributed by atoms with Crippen molar-refractivity contribution in [1.82, 2.24) is 0 Å². The van der Waals surface area contributed by atoms with E-state index in [0.29, 0.717) is 10.6 Å². The van der Waals surface area contributed by atoms with Gasteiger partial charge in [0.05, 0.1) is 12.7 Å². The summed E-state index contributed by atoms with van der Waals surface area (Å²) in [4.78, 5) is 11.9. The van der Waals surface area contributed by atoms with Crippen LogP contribution in [0.1, 0.15) is 46.3 Å². The molecule has 92 valence electrons. The van der Waals surface area contributed by atoms with Gasteiger partial charge in [0.15, 0.2) is 0 Å². The summed E-state index contributed by atoms with van der Waals surface area (Å²) < 4.78 is 4.88. The van der Waals surface area contributed by atoms with Crippen molar-refractivity contribution in [3.8, 4) is 0 Å². The van der Waals surface area contributed by atoms with E-state index in [1.807, 2.05) is 13.0 Å². The summed E-state index contributed by atoms with van der Waals surface area (Å²) in [5, 5.41) is 0.672. The van der Waals surface area contributed by atoms with Crippen molar-refractivity contribution in [1.29, 1.82) is 0 Å². The van der Waals surface area contributed by atoms with E-state index in [1.165, 1.54) is 25.5 Å². The highest BCUT2D eigenvalue weighted by molar-refractivity contribution is 6.32. The lowest BCUT2D eigenvalue weighted by Gasteiger charge is -2.15. The second kappa shape index (κ2) is 5.09. The maximum absolute atomic E-state index is 11.9. The third-order valence-electron chi connectivity index (χ3n) is 3.49. The van der Waals surface area contributed by atoms with Gasteiger partial charge in [0.25, 0.3) is 0 Å². The van der Waals surface area contributed by atoms with Gasteiger partial charge < -0.3 is 4.74 Å². The zero-order chi connectivity index (χ0) is 12.4. The van der Waals surface area contributed by atoms with Gasteiger partial charge in [-0.3, -0.25) is 0 Å². The normalized spacial score (nSPS) is 15.0. The summed E-state index contributed by atoms with van der Waals surface area (Å²) in [5.74, 6) is -0.261. The number of carbonyl (C=O) groups is 1. The largest absolute Gasteiger partial charge is 0.465 e. The lowest BCUT2D eigenvalue weighted by Crippen LogP contribution is -2.10. The molecule has 2 rings (SSSR count). The van der Waals surface area contributed by atoms with Crippen LogP contribution in [-0.4, -0.2) is 13.1 Å². The Labute approximate surface area is 107 Å². The van der Waals surface area contributed by atoms with Crippen molar-refractivity contribution in [3.05, 3.63) is 33.3 Å². The van der Waals surface area contributed by atoms with E-state index in [2.05, 4.69) is 0 Å². The van der Waals surface area contributed by atoms with E-state index in [9.17, 15) is 4.79 Å². The molecule has 1 aromatic rings. The number of hydrogen-bond acceptors (Lipinski definition) is 2. The number of ether oxygens (including phenoxy) is 1. The molecule has 1 aliphatic carbocycles. The van der Waals surface area contributed by atoms with Crippen LogP contribution in [0.3, 0.4) is 0 Å². The lowest BCUT2D eigenvalue weighted by atomic mass is 9.93. The summed E-state index contributed by atoms with van der Waals surface area (Å²) in [6, 6.07) is 2.02. The second-order valence-corrected chi connectivity index (χ2v) is 4.96. The van der Waals surface area contributed by atoms with Gasteiger partial charge in [0, 0.05) is 5.02 Å². The Bertz CT molecular complexity index is 452. The molecule has 3 heteroatoms. The zero-order valence-corrected chi connectivity index (χ0v) is 11.1. The summed E-state index contributed by atoms with van der Waals surface area (Å²) in [7, 11) is 1.42. The number of esters is 1. The van der Waals surface area contributed by atoms with Gasteiger partial charge in [0.1, 0.15) is 0 Å². The first-order valence-corrected chi connectivity index (χ1v) is 6.42. The second-order valence-electron chi connectivity index (χ2n) is 4.55. The number of hydrogen-bond donors (Lipinski definition) is 0. The molecule has 2 nitrogen and oxygen atoms in total. The number of methoxy groups -OCH3 is 1. The Morgan fingerprint density at radius 2 is 2.00 bits per heavy atom. The molecule has 0 radical (unpaired) electrons. The average molecular weight is 253 g/mol. The van der Waals surface area contributed by atoms with Crippen LogP contribution in [0.5, 0.6) is 0 Å². The van der Waals surface area contributed by atoms with Crippen LogP contribution < -0.4 is 0 Å². The quantitative estimate of drug-likeness (QED) is 0.563. The molecular weight excluding hydrogens is 236 g/mol. The summed E-state index contributed by atoms with van der Waals surface area (Å²) >= 11 is 6.20. The fraction of sp³-hybridized carbons (Fsp3) is 0.500. The van der Waals surface area contributed by atoms with E-state index < -0.39 is 0 Å². The number of carbonyl (C=O) groups excluding carboxylic acids is 1. The van der Waals surface area contributed by atoms with Crippen molar-refractivity contribution in [2.45, 2.75) is 39.0 Å². The first kappa shape index (κ1) is 12.4. The Morgan fingerprint density at radius 1 is 1.29 bits per heavy atom. The Morgan fingerprint density at radius 3 is 2.71 bits per heavy atom. The van der Waals surface area contributed by atoms with Crippen molar-refractivity contribution in [2.24, 2.45) is 0 Å². The first-order valence-electron chi connectivity index (χ1n) is 6.04. The van der Waals surface area contributed by atoms with Gasteiger partial charge in [-0.1, -0.05) is 18.0 Å². The van der Waals surface area contributed by atoms with Gasteiger partial charge >= 0.3 is 5.97 Å². The van der Waals surface area contributed by atoms with Gasteiger partial charge in [-0.05, 0) is 55.4 Å². The molecule has 0 saturated carbocycles. The van der Waals surface area contributed by atoms with Gasteiger partial charge in [0.2, 0.25) is 0 Å². The molecule has 17 heavy (non-hydrogen) atoms. The predicted molar refractivity (Wildman–Crippen MR) is 68.8 cm³/mol. The lowest BCUT2D eigenvalue weighted by molar-refractivity contribution is 0.0598. The summed E-state index contributed by atoms with van der Waals surface area (Å²) in [6.45, 7) is 1.89. The maximum atomic E-state index is 11.9. The molecule has 1 aliphatic rings. The van der Waals surface area contributed by atoms with E-state index in [0.717, 1.165) is 30.4 Å². The Kier molecular flexibility index (Phi) is 3.72. The number of benzene rings is 1. The van der Waals surface area contributed by atoms with Crippen LogP contribution in [-0.2, 0) is 17.6 Å². The number of halogens is 1. The average Bonchev–Trinajstić information content (AvgIpc) is 2.55. The van der Waals surface area contributed by atoms with Crippen LogP contribution in [0.25, 0.3) is 0 Å². The van der Waals surface area contributed by atoms with E-state index in [-0.39, 0.29) is 5.97 Å². The molecule has 0 aliphatic heterocycles. The molecular formula is C14H17ClO2. The number of rotatable bonds is 1. The van der Waals surface area contributed by atoms with Gasteiger partial charge in [-0.15, -0.1) is 0 Å². The van der Waals surface area contributed by atoms with Crippen LogP contribution >= 0.6 is 11.6 Å². The van der Waals surface area contributed by atoms with Gasteiger partial charge in [-0.25, -0.2) is 4.79 Å². The molecule has 0 N–H and O–H groups in total. The highest BCUT2D eigenvalue weighted by Crippen LogP contribution is 2.31. The number of aryl methyl sites for hydroxylation is 1. The molecule has 0 amide bonds. The molecule has 0 unspecified atom stereocenters. The minimum atomic E-state index is -0.261. The molecule has 0 atom stereocenters. The van der Waals surface area contributed by atoms with E-state index >= 15 is 0 Å². The molecule has 0 fully saturated rings. The molecule has 0 spiro atoms. The highest BCUT2D eigenvalue weighted by Gasteiger charge is 2.21. The third kappa shape index (κ3) is 2.32. The van der Waals surface area contributed by atoms with Gasteiger partial charge in [-0.2, -0.15) is 0 Å². The predicted octanol–water partition coefficient (Wildman–Crippen LogP) is 3.70. The monoisotopic (exact) mass is 252 g/mol. The summed E-state index contributed by atoms with van der Waals surface area (Å²) in [5.41, 5.74) is 3.91. The van der Waals surface area contributed by atoms with Crippen molar-refractivity contribution in [3.63, 3.8) is 0 Å². The standard InChI is InChI=1S/C14H17ClO2/c1-9-12(15)8-10-6-4-3-5-7-11(10)13(9)14(16)17-2/h8H,3-7H2,1-2H3. The first-order chi connectivity index (χ1) is 8.15. The smallest absolute Gasteiger partial charge is 0.338 e. The van der Waals surface area contributed by atoms with Crippen molar-refractivity contribution < 1.29 is 9.53 Å². The highest BCUT2D eigenvalue weighted by atomic mass is 35.5. The molecule has 0 saturated heterocycles. The van der Waals surface area contributed by atoms with E-state index in [1.54, 1.807) is 0 Å². The van der Waals surface area contributed by atoms with E-state index in [4.69, 9.17) is 16.3 Å². The minimum absolute atomic E-state index is 0.261. The van der Waals surface area contributed by atoms with Crippen LogP contribution in [0.15, 0.2) is 6.07 Å². The van der Waals surface area contributed by atoms with Crippen molar-refractivity contribution >= 4 is 17.6 Å². The zero-order valence-electron chi connectivity index (χ0n) is 10.3. The molecule has 0 heterocycles. The fourth-order valence-electron chi connectivity index (χ4n) is 2.54. The Balaban J connectivity index is 2.61. The molecule has 0 aromatic heterocycles. The minimum Gasteiger partial charge on any atom is -0.465 e. The number of fused-ring (bicyclic) bond motifs is 1. The maximum Gasteiger partial charge on any atom is 0.338 e.